The van der Waals surface area contributed by atoms with E-state index < -0.39 is 0 Å². The molecule has 5 heteroatoms. The van der Waals surface area contributed by atoms with Crippen molar-refractivity contribution in [3.63, 3.8) is 0 Å². The molecule has 0 aliphatic rings. The summed E-state index contributed by atoms with van der Waals surface area (Å²) in [6, 6.07) is 5.83. The lowest BCUT2D eigenvalue weighted by molar-refractivity contribution is 0.549. The molecule has 0 fully saturated rings. The molecule has 1 aromatic heterocycles. The van der Waals surface area contributed by atoms with Gasteiger partial charge in [0.2, 0.25) is 0 Å². The molecular formula is C15H19BrClN3. The van der Waals surface area contributed by atoms with Crippen LogP contribution in [0.1, 0.15) is 32.0 Å². The maximum Gasteiger partial charge on any atom is 0.0727 e. The first-order valence-electron chi connectivity index (χ1n) is 6.49. The second-order valence-corrected chi connectivity index (χ2v) is 7.17. The van der Waals surface area contributed by atoms with E-state index in [-0.39, 0.29) is 5.41 Å². The number of aryl methyl sites for hydroxylation is 1. The summed E-state index contributed by atoms with van der Waals surface area (Å²) in [5.41, 5.74) is 3.41. The van der Waals surface area contributed by atoms with Crippen molar-refractivity contribution < 1.29 is 0 Å². The molecule has 0 radical (unpaired) electrons. The highest BCUT2D eigenvalue weighted by Gasteiger charge is 2.21. The van der Waals surface area contributed by atoms with Crippen LogP contribution in [0.25, 0.3) is 0 Å². The van der Waals surface area contributed by atoms with Gasteiger partial charge in [0.05, 0.1) is 10.7 Å². The fourth-order valence-corrected chi connectivity index (χ4v) is 2.60. The molecule has 1 N–H and O–H groups in total. The van der Waals surface area contributed by atoms with Crippen molar-refractivity contribution in [1.29, 1.82) is 0 Å². The first-order valence-corrected chi connectivity index (χ1v) is 7.66. The monoisotopic (exact) mass is 355 g/mol. The molecule has 1 heterocycles. The van der Waals surface area contributed by atoms with Crippen molar-refractivity contribution in [3.05, 3.63) is 45.1 Å². The van der Waals surface area contributed by atoms with Gasteiger partial charge >= 0.3 is 0 Å². The smallest absolute Gasteiger partial charge is 0.0727 e. The first-order chi connectivity index (χ1) is 9.27. The summed E-state index contributed by atoms with van der Waals surface area (Å²) < 4.78 is 2.77. The number of rotatable bonds is 3. The Morgan fingerprint density at radius 2 is 2.05 bits per heavy atom. The number of nitrogens with one attached hydrogen (secondary N) is 1. The zero-order valence-electron chi connectivity index (χ0n) is 12.2. The summed E-state index contributed by atoms with van der Waals surface area (Å²) in [7, 11) is 1.96. The van der Waals surface area contributed by atoms with Gasteiger partial charge in [0.25, 0.3) is 0 Å². The Bertz CT molecular complexity index is 614. The van der Waals surface area contributed by atoms with E-state index in [0.29, 0.717) is 5.02 Å². The average molecular weight is 357 g/mol. The summed E-state index contributed by atoms with van der Waals surface area (Å²) in [5.74, 6) is 0. The van der Waals surface area contributed by atoms with Gasteiger partial charge in [-0.2, -0.15) is 5.10 Å². The Labute approximate surface area is 133 Å². The fourth-order valence-electron chi connectivity index (χ4n) is 2.10. The lowest BCUT2D eigenvalue weighted by Crippen LogP contribution is -2.16. The van der Waals surface area contributed by atoms with Crippen LogP contribution < -0.4 is 5.32 Å². The lowest BCUT2D eigenvalue weighted by Gasteiger charge is -2.18. The second-order valence-electron chi connectivity index (χ2n) is 5.91. The van der Waals surface area contributed by atoms with E-state index in [4.69, 9.17) is 11.6 Å². The zero-order chi connectivity index (χ0) is 14.9. The molecule has 0 aliphatic heterocycles. The molecule has 0 unspecified atom stereocenters. The van der Waals surface area contributed by atoms with E-state index in [1.807, 2.05) is 29.9 Å². The molecule has 0 spiro atoms. The molecule has 0 atom stereocenters. The van der Waals surface area contributed by atoms with Crippen LogP contribution >= 0.6 is 27.5 Å². The number of hydrogen-bond acceptors (Lipinski definition) is 2. The van der Waals surface area contributed by atoms with E-state index in [2.05, 4.69) is 53.3 Å². The molecule has 0 saturated carbocycles. The van der Waals surface area contributed by atoms with Crippen molar-refractivity contribution in [2.45, 2.75) is 32.7 Å². The summed E-state index contributed by atoms with van der Waals surface area (Å²) in [6.45, 7) is 7.28. The molecule has 0 amide bonds. The van der Waals surface area contributed by atoms with Gasteiger partial charge in [-0.1, -0.05) is 32.4 Å². The summed E-state index contributed by atoms with van der Waals surface area (Å²) in [6.07, 6.45) is 2.07. The molecule has 1 aromatic carbocycles. The van der Waals surface area contributed by atoms with Gasteiger partial charge in [0.1, 0.15) is 0 Å². The van der Waals surface area contributed by atoms with Gasteiger partial charge in [0.15, 0.2) is 0 Å². The van der Waals surface area contributed by atoms with Crippen molar-refractivity contribution >= 4 is 33.2 Å². The van der Waals surface area contributed by atoms with Gasteiger partial charge < -0.3 is 5.32 Å². The van der Waals surface area contributed by atoms with E-state index in [1.54, 1.807) is 0 Å². The van der Waals surface area contributed by atoms with Crippen LogP contribution in [0.15, 0.2) is 28.9 Å². The predicted octanol–water partition coefficient (Wildman–Crippen LogP) is 4.75. The number of halogens is 2. The van der Waals surface area contributed by atoms with Crippen LogP contribution in [0.5, 0.6) is 0 Å². The fraction of sp³-hybridized carbons (Fsp3) is 0.400. The number of hydrogen-bond donors (Lipinski definition) is 1. The average Bonchev–Trinajstić information content (AvgIpc) is 2.72. The predicted molar refractivity (Wildman–Crippen MR) is 88.4 cm³/mol. The Balaban J connectivity index is 2.17. The molecule has 20 heavy (non-hydrogen) atoms. The first kappa shape index (κ1) is 15.4. The minimum Gasteiger partial charge on any atom is -0.381 e. The molecule has 0 saturated heterocycles. The Kier molecular flexibility index (Phi) is 4.45. The lowest BCUT2D eigenvalue weighted by atomic mass is 9.89. The van der Waals surface area contributed by atoms with Crippen LogP contribution in [0.4, 0.5) is 5.69 Å². The van der Waals surface area contributed by atoms with Crippen LogP contribution in [-0.4, -0.2) is 9.78 Å². The number of anilines is 1. The third-order valence-electron chi connectivity index (χ3n) is 3.02. The zero-order valence-corrected chi connectivity index (χ0v) is 14.5. The number of nitrogens with zero attached hydrogens (tertiary/aromatic N) is 2. The number of aromatic nitrogens is 2. The van der Waals surface area contributed by atoms with Gasteiger partial charge in [0, 0.05) is 40.9 Å². The maximum absolute atomic E-state index is 6.00. The Morgan fingerprint density at radius 3 is 2.65 bits per heavy atom. The molecule has 2 aromatic rings. The van der Waals surface area contributed by atoms with E-state index in [0.717, 1.165) is 22.4 Å². The van der Waals surface area contributed by atoms with Crippen LogP contribution in [0, 0.1) is 0 Å². The van der Waals surface area contributed by atoms with Crippen LogP contribution in [-0.2, 0) is 19.0 Å². The van der Waals surface area contributed by atoms with Gasteiger partial charge in [-0.15, -0.1) is 0 Å². The van der Waals surface area contributed by atoms with Gasteiger partial charge in [-0.25, -0.2) is 0 Å². The topological polar surface area (TPSA) is 29.9 Å². The highest BCUT2D eigenvalue weighted by Crippen LogP contribution is 2.27. The standard InChI is InChI=1S/C15H19BrClN3/c1-15(2,3)14-10(9-20(4)19-14)8-18-11-5-6-13(17)12(16)7-11/h5-7,9,18H,8H2,1-4H3. The van der Waals surface area contributed by atoms with Crippen molar-refractivity contribution in [2.75, 3.05) is 5.32 Å². The van der Waals surface area contributed by atoms with E-state index in [1.165, 1.54) is 5.56 Å². The van der Waals surface area contributed by atoms with Gasteiger partial charge in [-0.05, 0) is 34.1 Å². The minimum absolute atomic E-state index is 0.0405. The third kappa shape index (κ3) is 3.55. The van der Waals surface area contributed by atoms with Crippen LogP contribution in [0.3, 0.4) is 0 Å². The van der Waals surface area contributed by atoms with Crippen molar-refractivity contribution in [1.82, 2.24) is 9.78 Å². The number of benzene rings is 1. The second kappa shape index (κ2) is 5.78. The Hall–Kier alpha value is -1.00. The maximum atomic E-state index is 6.00. The van der Waals surface area contributed by atoms with Gasteiger partial charge in [-0.3, -0.25) is 4.68 Å². The van der Waals surface area contributed by atoms with E-state index in [9.17, 15) is 0 Å². The van der Waals surface area contributed by atoms with Crippen LogP contribution in [0.2, 0.25) is 5.02 Å². The molecular weight excluding hydrogens is 338 g/mol. The summed E-state index contributed by atoms with van der Waals surface area (Å²) in [5, 5.41) is 8.70. The highest BCUT2D eigenvalue weighted by molar-refractivity contribution is 9.10. The summed E-state index contributed by atoms with van der Waals surface area (Å²) in [4.78, 5) is 0. The highest BCUT2D eigenvalue weighted by atomic mass is 79.9. The Morgan fingerprint density at radius 1 is 1.35 bits per heavy atom. The third-order valence-corrected chi connectivity index (χ3v) is 4.23. The largest absolute Gasteiger partial charge is 0.381 e. The minimum atomic E-state index is 0.0405. The van der Waals surface area contributed by atoms with E-state index >= 15 is 0 Å². The quantitative estimate of drug-likeness (QED) is 0.860. The SMILES string of the molecule is Cn1cc(CNc2ccc(Cl)c(Br)c2)c(C(C)(C)C)n1. The summed E-state index contributed by atoms with van der Waals surface area (Å²) >= 11 is 9.43. The molecule has 3 nitrogen and oxygen atoms in total. The van der Waals surface area contributed by atoms with Crippen molar-refractivity contribution in [2.24, 2.45) is 7.05 Å². The molecule has 108 valence electrons. The van der Waals surface area contributed by atoms with Crippen molar-refractivity contribution in [3.8, 4) is 0 Å². The molecule has 2 rings (SSSR count). The molecule has 0 aliphatic carbocycles. The normalized spacial score (nSPS) is 11.7. The molecule has 0 bridgehead atoms.